The Bertz CT molecular complexity index is 838. The van der Waals surface area contributed by atoms with Crippen molar-refractivity contribution in [3.8, 4) is 0 Å². The summed E-state index contributed by atoms with van der Waals surface area (Å²) in [5.74, 6) is 0.364. The predicted octanol–water partition coefficient (Wildman–Crippen LogP) is 3.96. The van der Waals surface area contributed by atoms with Gasteiger partial charge in [0.15, 0.2) is 0 Å². The number of hydrogen-bond acceptors (Lipinski definition) is 4. The Kier molecular flexibility index (Phi) is 5.74. The van der Waals surface area contributed by atoms with E-state index in [0.717, 1.165) is 16.6 Å². The third-order valence-corrected chi connectivity index (χ3v) is 4.09. The van der Waals surface area contributed by atoms with E-state index in [4.69, 9.17) is 0 Å². The van der Waals surface area contributed by atoms with Gasteiger partial charge in [-0.2, -0.15) is 0 Å². The van der Waals surface area contributed by atoms with E-state index in [0.29, 0.717) is 18.1 Å². The predicted molar refractivity (Wildman–Crippen MR) is 102 cm³/mol. The van der Waals surface area contributed by atoms with Gasteiger partial charge in [0.2, 0.25) is 0 Å². The van der Waals surface area contributed by atoms with Crippen LogP contribution in [0.2, 0.25) is 0 Å². The van der Waals surface area contributed by atoms with Crippen LogP contribution in [0.5, 0.6) is 0 Å². The third kappa shape index (κ3) is 5.12. The normalized spacial score (nSPS) is 10.3. The second-order valence-electron chi connectivity index (χ2n) is 5.41. The number of anilines is 2. The van der Waals surface area contributed by atoms with Crippen LogP contribution >= 0.6 is 15.9 Å². The van der Waals surface area contributed by atoms with Gasteiger partial charge in [0.05, 0.1) is 0 Å². The van der Waals surface area contributed by atoms with Crippen LogP contribution in [-0.2, 0) is 6.42 Å². The number of nitrogens with one attached hydrogen (secondary N) is 2. The van der Waals surface area contributed by atoms with Crippen molar-refractivity contribution in [1.82, 2.24) is 15.3 Å². The van der Waals surface area contributed by atoms with Crippen LogP contribution in [0.1, 0.15) is 16.1 Å². The summed E-state index contributed by atoms with van der Waals surface area (Å²) in [6.07, 6.45) is 2.16. The number of benzene rings is 2. The van der Waals surface area contributed by atoms with E-state index in [9.17, 15) is 4.79 Å². The monoisotopic (exact) mass is 396 g/mol. The number of amides is 1. The summed E-state index contributed by atoms with van der Waals surface area (Å²) in [6, 6.07) is 19.4. The van der Waals surface area contributed by atoms with E-state index in [1.807, 2.05) is 54.6 Å². The van der Waals surface area contributed by atoms with E-state index in [-0.39, 0.29) is 5.91 Å². The summed E-state index contributed by atoms with van der Waals surface area (Å²) in [5.41, 5.74) is 2.41. The zero-order valence-corrected chi connectivity index (χ0v) is 15.0. The lowest BCUT2D eigenvalue weighted by Gasteiger charge is -2.08. The highest BCUT2D eigenvalue weighted by atomic mass is 79.9. The number of halogens is 1. The molecular weight excluding hydrogens is 380 g/mol. The summed E-state index contributed by atoms with van der Waals surface area (Å²) < 4.78 is 0.999. The molecule has 3 aromatic rings. The number of nitrogens with zero attached hydrogens (tertiary/aromatic N) is 2. The van der Waals surface area contributed by atoms with Crippen molar-refractivity contribution < 1.29 is 4.79 Å². The van der Waals surface area contributed by atoms with Crippen molar-refractivity contribution in [2.24, 2.45) is 0 Å². The van der Waals surface area contributed by atoms with Crippen LogP contribution in [-0.4, -0.2) is 22.4 Å². The van der Waals surface area contributed by atoms with Crippen molar-refractivity contribution in [3.63, 3.8) is 0 Å². The largest absolute Gasteiger partial charge is 0.350 e. The number of rotatable bonds is 6. The molecule has 0 aliphatic carbocycles. The van der Waals surface area contributed by atoms with Gasteiger partial charge < -0.3 is 10.6 Å². The second kappa shape index (κ2) is 8.39. The van der Waals surface area contributed by atoms with Gasteiger partial charge in [-0.25, -0.2) is 9.97 Å². The average Bonchev–Trinajstić information content (AvgIpc) is 2.65. The first kappa shape index (κ1) is 17.1. The molecule has 0 aliphatic heterocycles. The molecule has 5 nitrogen and oxygen atoms in total. The Hall–Kier alpha value is -2.73. The van der Waals surface area contributed by atoms with Gasteiger partial charge in [-0.15, -0.1) is 0 Å². The standard InChI is InChI=1S/C19H17BrN4O/c20-15-6-8-16(9-7-15)24-18-12-17(22-13-23-18)19(25)21-11-10-14-4-2-1-3-5-14/h1-9,12-13H,10-11H2,(H,21,25)(H,22,23,24). The molecule has 25 heavy (non-hydrogen) atoms. The molecule has 0 bridgehead atoms. The van der Waals surface area contributed by atoms with Crippen molar-refractivity contribution in [2.45, 2.75) is 6.42 Å². The molecule has 0 spiro atoms. The number of carbonyl (C=O) groups excluding carboxylic acids is 1. The Labute approximate surface area is 154 Å². The summed E-state index contributed by atoms with van der Waals surface area (Å²) in [5, 5.41) is 6.04. The maximum atomic E-state index is 12.2. The highest BCUT2D eigenvalue weighted by Gasteiger charge is 2.08. The quantitative estimate of drug-likeness (QED) is 0.661. The molecule has 1 aromatic heterocycles. The smallest absolute Gasteiger partial charge is 0.270 e. The molecule has 0 radical (unpaired) electrons. The molecule has 2 aromatic carbocycles. The first-order valence-electron chi connectivity index (χ1n) is 7.87. The van der Waals surface area contributed by atoms with Gasteiger partial charge >= 0.3 is 0 Å². The molecule has 6 heteroatoms. The minimum atomic E-state index is -0.211. The van der Waals surface area contributed by atoms with Crippen LogP contribution in [0.25, 0.3) is 0 Å². The number of hydrogen-bond donors (Lipinski definition) is 2. The molecule has 0 saturated heterocycles. The summed E-state index contributed by atoms with van der Waals surface area (Å²) in [6.45, 7) is 0.558. The highest BCUT2D eigenvalue weighted by molar-refractivity contribution is 9.10. The van der Waals surface area contributed by atoms with Gasteiger partial charge in [-0.3, -0.25) is 4.79 Å². The maximum Gasteiger partial charge on any atom is 0.270 e. The zero-order chi connectivity index (χ0) is 17.5. The first-order chi connectivity index (χ1) is 12.2. The Morgan fingerprint density at radius 3 is 2.52 bits per heavy atom. The first-order valence-corrected chi connectivity index (χ1v) is 8.67. The molecule has 0 unspecified atom stereocenters. The van der Waals surface area contributed by atoms with Crippen LogP contribution in [0.15, 0.2) is 71.5 Å². The van der Waals surface area contributed by atoms with Crippen molar-refractivity contribution >= 4 is 33.3 Å². The lowest BCUT2D eigenvalue weighted by atomic mass is 10.1. The Balaban J connectivity index is 1.58. The minimum absolute atomic E-state index is 0.211. The fourth-order valence-electron chi connectivity index (χ4n) is 2.29. The lowest BCUT2D eigenvalue weighted by molar-refractivity contribution is 0.0949. The fourth-order valence-corrected chi connectivity index (χ4v) is 2.55. The van der Waals surface area contributed by atoms with Crippen molar-refractivity contribution in [2.75, 3.05) is 11.9 Å². The molecule has 0 saturated carbocycles. The van der Waals surface area contributed by atoms with Gasteiger partial charge in [-0.1, -0.05) is 46.3 Å². The molecule has 3 rings (SSSR count). The van der Waals surface area contributed by atoms with Gasteiger partial charge in [-0.05, 0) is 36.2 Å². The van der Waals surface area contributed by atoms with E-state index in [2.05, 4.69) is 36.5 Å². The van der Waals surface area contributed by atoms with E-state index in [1.165, 1.54) is 11.9 Å². The molecule has 0 fully saturated rings. The molecule has 1 heterocycles. The Morgan fingerprint density at radius 2 is 1.76 bits per heavy atom. The average molecular weight is 397 g/mol. The zero-order valence-electron chi connectivity index (χ0n) is 13.4. The highest BCUT2D eigenvalue weighted by Crippen LogP contribution is 2.18. The Morgan fingerprint density at radius 1 is 1.00 bits per heavy atom. The van der Waals surface area contributed by atoms with Gasteiger partial charge in [0.1, 0.15) is 17.8 Å². The second-order valence-corrected chi connectivity index (χ2v) is 6.33. The van der Waals surface area contributed by atoms with Crippen LogP contribution in [0, 0.1) is 0 Å². The molecule has 1 amide bonds. The van der Waals surface area contributed by atoms with Gasteiger partial charge in [0.25, 0.3) is 5.91 Å². The molecule has 0 atom stereocenters. The molecule has 126 valence electrons. The number of carbonyl (C=O) groups is 1. The van der Waals surface area contributed by atoms with Crippen LogP contribution in [0.3, 0.4) is 0 Å². The lowest BCUT2D eigenvalue weighted by Crippen LogP contribution is -2.26. The topological polar surface area (TPSA) is 66.9 Å². The molecular formula is C19H17BrN4O. The van der Waals surface area contributed by atoms with E-state index in [1.54, 1.807) is 6.07 Å². The molecule has 2 N–H and O–H groups in total. The number of aromatic nitrogens is 2. The van der Waals surface area contributed by atoms with Gasteiger partial charge in [0, 0.05) is 22.8 Å². The summed E-state index contributed by atoms with van der Waals surface area (Å²) in [7, 11) is 0. The fraction of sp³-hybridized carbons (Fsp3) is 0.105. The maximum absolute atomic E-state index is 12.2. The third-order valence-electron chi connectivity index (χ3n) is 3.56. The summed E-state index contributed by atoms with van der Waals surface area (Å²) in [4.78, 5) is 20.5. The molecule has 0 aliphatic rings. The van der Waals surface area contributed by atoms with Crippen LogP contribution in [0.4, 0.5) is 11.5 Å². The van der Waals surface area contributed by atoms with E-state index < -0.39 is 0 Å². The SMILES string of the molecule is O=C(NCCc1ccccc1)c1cc(Nc2ccc(Br)cc2)ncn1. The summed E-state index contributed by atoms with van der Waals surface area (Å²) >= 11 is 3.40. The van der Waals surface area contributed by atoms with Crippen molar-refractivity contribution in [3.05, 3.63) is 82.7 Å². The van der Waals surface area contributed by atoms with E-state index >= 15 is 0 Å². The minimum Gasteiger partial charge on any atom is -0.350 e. The van der Waals surface area contributed by atoms with Crippen LogP contribution < -0.4 is 10.6 Å². The van der Waals surface area contributed by atoms with Crippen molar-refractivity contribution in [1.29, 1.82) is 0 Å².